The molecule has 0 atom stereocenters. The summed E-state index contributed by atoms with van der Waals surface area (Å²) in [4.78, 5) is 2.43. The van der Waals surface area contributed by atoms with Gasteiger partial charge in [-0.05, 0) is 26.3 Å². The van der Waals surface area contributed by atoms with Gasteiger partial charge in [-0.3, -0.25) is 4.90 Å². The van der Waals surface area contributed by atoms with Crippen LogP contribution in [0.1, 0.15) is 26.3 Å². The van der Waals surface area contributed by atoms with Crippen molar-refractivity contribution >= 4 is 0 Å². The van der Waals surface area contributed by atoms with Gasteiger partial charge in [-0.25, -0.2) is 0 Å². The van der Waals surface area contributed by atoms with Crippen LogP contribution >= 0.6 is 0 Å². The Labute approximate surface area is 93.4 Å². The van der Waals surface area contributed by atoms with E-state index in [4.69, 9.17) is 0 Å². The first-order valence-electron chi connectivity index (χ1n) is 5.52. The van der Waals surface area contributed by atoms with Gasteiger partial charge in [-0.2, -0.15) is 0 Å². The Morgan fingerprint density at radius 3 is 2.33 bits per heavy atom. The van der Waals surface area contributed by atoms with E-state index in [9.17, 15) is 0 Å². The van der Waals surface area contributed by atoms with Crippen molar-refractivity contribution in [2.45, 2.75) is 33.4 Å². The number of nitrogens with zero attached hydrogens (tertiary/aromatic N) is 1. The van der Waals surface area contributed by atoms with Gasteiger partial charge < -0.3 is 0 Å². The van der Waals surface area contributed by atoms with Gasteiger partial charge in [0.05, 0.1) is 0 Å². The lowest BCUT2D eigenvalue weighted by Gasteiger charge is -2.26. The van der Waals surface area contributed by atoms with Crippen LogP contribution in [0.2, 0.25) is 0 Å². The fraction of sp³-hybridized carbons (Fsp3) is 0.429. The molecule has 0 bridgehead atoms. The largest absolute Gasteiger partial charge is 0.293 e. The van der Waals surface area contributed by atoms with Crippen LogP contribution in [0.15, 0.2) is 42.5 Å². The highest BCUT2D eigenvalue weighted by atomic mass is 15.1. The van der Waals surface area contributed by atoms with Gasteiger partial charge in [-0.15, -0.1) is 0 Å². The molecule has 1 aromatic carbocycles. The summed E-state index contributed by atoms with van der Waals surface area (Å²) in [6.45, 7) is 12.5. The molecule has 0 aliphatic heterocycles. The van der Waals surface area contributed by atoms with Crippen molar-refractivity contribution in [2.75, 3.05) is 6.54 Å². The fourth-order valence-electron chi connectivity index (χ4n) is 1.59. The molecule has 1 aromatic rings. The van der Waals surface area contributed by atoms with Gasteiger partial charge >= 0.3 is 0 Å². The van der Waals surface area contributed by atoms with Crippen molar-refractivity contribution in [3.05, 3.63) is 48.0 Å². The summed E-state index contributed by atoms with van der Waals surface area (Å²) < 4.78 is 0. The summed E-state index contributed by atoms with van der Waals surface area (Å²) >= 11 is 0. The summed E-state index contributed by atoms with van der Waals surface area (Å²) in [7, 11) is 0. The Balaban J connectivity index is 2.63. The van der Waals surface area contributed by atoms with Crippen molar-refractivity contribution in [1.29, 1.82) is 0 Å². The average Bonchev–Trinajstić information content (AvgIpc) is 2.17. The number of rotatable bonds is 5. The molecular weight excluding hydrogens is 182 g/mol. The highest BCUT2D eigenvalue weighted by Gasteiger charge is 2.09. The lowest BCUT2D eigenvalue weighted by Crippen LogP contribution is -2.31. The maximum atomic E-state index is 3.98. The summed E-state index contributed by atoms with van der Waals surface area (Å²) in [6.07, 6.45) is 0. The molecule has 82 valence electrons. The first kappa shape index (κ1) is 12.0. The van der Waals surface area contributed by atoms with Crippen LogP contribution in [-0.4, -0.2) is 17.5 Å². The first-order valence-corrected chi connectivity index (χ1v) is 5.52. The Morgan fingerprint density at radius 2 is 1.87 bits per heavy atom. The fourth-order valence-corrected chi connectivity index (χ4v) is 1.59. The van der Waals surface area contributed by atoms with Crippen LogP contribution in [0, 0.1) is 0 Å². The molecule has 0 amide bonds. The summed E-state index contributed by atoms with van der Waals surface area (Å²) in [5, 5.41) is 0. The molecule has 0 aliphatic rings. The third-order valence-corrected chi connectivity index (χ3v) is 2.43. The Hall–Kier alpha value is -1.08. The Kier molecular flexibility index (Phi) is 4.57. The monoisotopic (exact) mass is 203 g/mol. The quantitative estimate of drug-likeness (QED) is 0.662. The zero-order valence-corrected chi connectivity index (χ0v) is 10.0. The van der Waals surface area contributed by atoms with E-state index in [0.29, 0.717) is 6.04 Å². The summed E-state index contributed by atoms with van der Waals surface area (Å²) in [5.74, 6) is 0. The van der Waals surface area contributed by atoms with Crippen molar-refractivity contribution in [1.82, 2.24) is 4.90 Å². The van der Waals surface area contributed by atoms with E-state index >= 15 is 0 Å². The second kappa shape index (κ2) is 5.72. The van der Waals surface area contributed by atoms with Crippen LogP contribution in [0.5, 0.6) is 0 Å². The van der Waals surface area contributed by atoms with Gasteiger partial charge in [0.15, 0.2) is 0 Å². The topological polar surface area (TPSA) is 3.24 Å². The number of hydrogen-bond donors (Lipinski definition) is 0. The zero-order chi connectivity index (χ0) is 11.3. The van der Waals surface area contributed by atoms with E-state index in [1.165, 1.54) is 11.1 Å². The van der Waals surface area contributed by atoms with E-state index < -0.39 is 0 Å². The third kappa shape index (κ3) is 4.30. The second-order valence-corrected chi connectivity index (χ2v) is 4.44. The van der Waals surface area contributed by atoms with Gasteiger partial charge in [0, 0.05) is 19.1 Å². The van der Waals surface area contributed by atoms with Crippen molar-refractivity contribution in [3.8, 4) is 0 Å². The molecule has 0 heterocycles. The molecule has 0 fully saturated rings. The van der Waals surface area contributed by atoms with E-state index in [2.05, 4.69) is 62.6 Å². The van der Waals surface area contributed by atoms with Crippen LogP contribution in [0.3, 0.4) is 0 Å². The molecule has 0 aliphatic carbocycles. The number of hydrogen-bond acceptors (Lipinski definition) is 1. The second-order valence-electron chi connectivity index (χ2n) is 4.44. The van der Waals surface area contributed by atoms with Crippen molar-refractivity contribution in [3.63, 3.8) is 0 Å². The smallest absolute Gasteiger partial charge is 0.0239 e. The predicted molar refractivity (Wildman–Crippen MR) is 66.8 cm³/mol. The van der Waals surface area contributed by atoms with Crippen LogP contribution in [0.4, 0.5) is 0 Å². The van der Waals surface area contributed by atoms with Crippen molar-refractivity contribution in [2.24, 2.45) is 0 Å². The van der Waals surface area contributed by atoms with E-state index in [1.54, 1.807) is 0 Å². The highest BCUT2D eigenvalue weighted by Crippen LogP contribution is 2.09. The third-order valence-electron chi connectivity index (χ3n) is 2.43. The SMILES string of the molecule is C=C(C)CN(Cc1ccccc1)C(C)C. The standard InChI is InChI=1S/C14H21N/c1-12(2)10-15(13(3)4)11-14-8-6-5-7-9-14/h5-9,13H,1,10-11H2,2-4H3. The summed E-state index contributed by atoms with van der Waals surface area (Å²) in [6, 6.07) is 11.1. The number of benzene rings is 1. The average molecular weight is 203 g/mol. The maximum absolute atomic E-state index is 3.98. The molecular formula is C14H21N. The lowest BCUT2D eigenvalue weighted by molar-refractivity contribution is 0.232. The molecule has 0 aromatic heterocycles. The normalized spacial score (nSPS) is 11.0. The molecule has 1 nitrogen and oxygen atoms in total. The zero-order valence-electron chi connectivity index (χ0n) is 10.0. The summed E-state index contributed by atoms with van der Waals surface area (Å²) in [5.41, 5.74) is 2.59. The minimum absolute atomic E-state index is 0.557. The molecule has 1 rings (SSSR count). The van der Waals surface area contributed by atoms with E-state index in [1.807, 2.05) is 0 Å². The molecule has 0 N–H and O–H groups in total. The highest BCUT2D eigenvalue weighted by molar-refractivity contribution is 5.14. The maximum Gasteiger partial charge on any atom is 0.0239 e. The van der Waals surface area contributed by atoms with Gasteiger partial charge in [-0.1, -0.05) is 42.5 Å². The molecule has 15 heavy (non-hydrogen) atoms. The van der Waals surface area contributed by atoms with E-state index in [0.717, 1.165) is 13.1 Å². The molecule has 0 spiro atoms. The molecule has 0 saturated carbocycles. The van der Waals surface area contributed by atoms with Crippen molar-refractivity contribution < 1.29 is 0 Å². The predicted octanol–water partition coefficient (Wildman–Crippen LogP) is 3.47. The minimum Gasteiger partial charge on any atom is -0.293 e. The Morgan fingerprint density at radius 1 is 1.27 bits per heavy atom. The molecule has 0 radical (unpaired) electrons. The van der Waals surface area contributed by atoms with Crippen LogP contribution in [0.25, 0.3) is 0 Å². The molecule has 0 unspecified atom stereocenters. The lowest BCUT2D eigenvalue weighted by atomic mass is 10.1. The minimum atomic E-state index is 0.557. The first-order chi connectivity index (χ1) is 7.09. The van der Waals surface area contributed by atoms with Gasteiger partial charge in [0.1, 0.15) is 0 Å². The molecule has 0 saturated heterocycles. The van der Waals surface area contributed by atoms with Gasteiger partial charge in [0.2, 0.25) is 0 Å². The Bertz CT molecular complexity index is 300. The van der Waals surface area contributed by atoms with Crippen LogP contribution in [-0.2, 0) is 6.54 Å². The van der Waals surface area contributed by atoms with Crippen LogP contribution < -0.4 is 0 Å². The van der Waals surface area contributed by atoms with E-state index in [-0.39, 0.29) is 0 Å². The van der Waals surface area contributed by atoms with Gasteiger partial charge in [0.25, 0.3) is 0 Å². The molecule has 1 heteroatoms.